The van der Waals surface area contributed by atoms with Gasteiger partial charge >= 0.3 is 5.97 Å². The Morgan fingerprint density at radius 2 is 2.45 bits per heavy atom. The lowest BCUT2D eigenvalue weighted by Gasteiger charge is -1.97. The van der Waals surface area contributed by atoms with Crippen molar-refractivity contribution >= 4 is 5.97 Å². The molecule has 0 saturated carbocycles. The van der Waals surface area contributed by atoms with Crippen molar-refractivity contribution in [2.24, 2.45) is 0 Å². The summed E-state index contributed by atoms with van der Waals surface area (Å²) < 4.78 is 1.31. The molecule has 0 fully saturated rings. The van der Waals surface area contributed by atoms with E-state index in [1.54, 1.807) is 0 Å². The molecule has 5 heteroatoms. The predicted molar refractivity (Wildman–Crippen MR) is 36.1 cm³/mol. The van der Waals surface area contributed by atoms with Crippen LogP contribution in [0.1, 0.15) is 0 Å². The van der Waals surface area contributed by atoms with Crippen LogP contribution < -0.4 is 5.56 Å². The third-order valence-corrected chi connectivity index (χ3v) is 1.06. The first-order valence-corrected chi connectivity index (χ1v) is 2.92. The molecule has 1 aromatic rings. The van der Waals surface area contributed by atoms with Crippen LogP contribution in [-0.2, 0) is 11.3 Å². The molecule has 0 saturated heterocycles. The fourth-order valence-electron chi connectivity index (χ4n) is 0.622. The second-order valence-electron chi connectivity index (χ2n) is 1.96. The Bertz CT molecular complexity index is 297. The average molecular weight is 154 g/mol. The lowest BCUT2D eigenvalue weighted by atomic mass is 10.6. The Morgan fingerprint density at radius 3 is 2.91 bits per heavy atom. The minimum absolute atomic E-state index is 0.173. The summed E-state index contributed by atoms with van der Waals surface area (Å²) in [5, 5.41) is 8.31. The van der Waals surface area contributed by atoms with Gasteiger partial charge in [-0.2, -0.15) is 4.98 Å². The summed E-state index contributed by atoms with van der Waals surface area (Å²) in [7, 11) is 0. The van der Waals surface area contributed by atoms with Crippen LogP contribution in [0.2, 0.25) is 0 Å². The van der Waals surface area contributed by atoms with Gasteiger partial charge in [0.15, 0.2) is 0 Å². The van der Waals surface area contributed by atoms with Gasteiger partial charge in [-0.25, -0.2) is 0 Å². The summed E-state index contributed by atoms with van der Waals surface area (Å²) in [6.45, 7) is -0.173. The van der Waals surface area contributed by atoms with E-state index < -0.39 is 5.97 Å². The molecule has 0 aliphatic carbocycles. The maximum atomic E-state index is 10.4. The van der Waals surface area contributed by atoms with Gasteiger partial charge in [0.25, 0.3) is 5.56 Å². The van der Waals surface area contributed by atoms with Crippen LogP contribution in [0.25, 0.3) is 0 Å². The number of carbonyl (C=O) groups is 1. The van der Waals surface area contributed by atoms with Gasteiger partial charge in [0.2, 0.25) is 0 Å². The minimum atomic E-state index is -0.963. The van der Waals surface area contributed by atoms with Crippen molar-refractivity contribution in [1.29, 1.82) is 0 Å². The Hall–Kier alpha value is -1.65. The van der Waals surface area contributed by atoms with Crippen molar-refractivity contribution in [3.63, 3.8) is 0 Å². The largest absolute Gasteiger partial charge is 0.480 e. The molecular weight excluding hydrogens is 148 g/mol. The number of aliphatic carboxylic acids is 1. The number of nitrogens with zero attached hydrogens (tertiary/aromatic N) is 2. The molecule has 5 nitrogen and oxygen atoms in total. The first kappa shape index (κ1) is 7.46. The van der Waals surface area contributed by atoms with E-state index in [2.05, 4.69) is 4.98 Å². The molecule has 0 radical (unpaired) electrons. The highest BCUT2D eigenvalue weighted by atomic mass is 16.4. The van der Waals surface area contributed by atoms with Crippen LogP contribution in [0.15, 0.2) is 23.4 Å². The van der Waals surface area contributed by atoms with Crippen LogP contribution in [0.4, 0.5) is 0 Å². The molecule has 1 rings (SSSR count). The fraction of sp³-hybridized carbons (Fsp3) is 0.167. The molecule has 0 amide bonds. The first-order chi connectivity index (χ1) is 5.18. The second-order valence-corrected chi connectivity index (χ2v) is 1.96. The van der Waals surface area contributed by atoms with Gasteiger partial charge in [0.1, 0.15) is 6.54 Å². The highest BCUT2D eigenvalue weighted by molar-refractivity contribution is 5.66. The summed E-state index contributed by atoms with van der Waals surface area (Å²) in [5.74, 6) is -0.963. The molecule has 0 aliphatic heterocycles. The van der Waals surface area contributed by atoms with Gasteiger partial charge in [-0.3, -0.25) is 9.59 Å². The minimum Gasteiger partial charge on any atom is -0.480 e. The molecule has 1 aromatic heterocycles. The van der Waals surface area contributed by atoms with E-state index in [1.165, 1.54) is 23.2 Å². The zero-order valence-corrected chi connectivity index (χ0v) is 5.60. The monoisotopic (exact) mass is 154 g/mol. The topological polar surface area (TPSA) is 72.2 Å². The van der Waals surface area contributed by atoms with E-state index in [0.29, 0.717) is 0 Å². The van der Waals surface area contributed by atoms with Crippen molar-refractivity contribution in [3.8, 4) is 0 Å². The van der Waals surface area contributed by atoms with E-state index in [-0.39, 0.29) is 12.1 Å². The number of aromatic nitrogens is 2. The summed E-state index contributed by atoms with van der Waals surface area (Å²) in [6.07, 6.45) is 2.57. The summed E-state index contributed by atoms with van der Waals surface area (Å²) in [5.41, 5.74) is -0.369. The summed E-state index contributed by atoms with van der Waals surface area (Å²) in [4.78, 5) is 23.9. The van der Waals surface area contributed by atoms with E-state index >= 15 is 0 Å². The van der Waals surface area contributed by atoms with E-state index in [9.17, 15) is 9.59 Å². The Labute approximate surface area is 61.9 Å². The van der Waals surface area contributed by atoms with Crippen molar-refractivity contribution < 1.29 is 9.90 Å². The van der Waals surface area contributed by atoms with Crippen molar-refractivity contribution in [1.82, 2.24) is 9.55 Å². The van der Waals surface area contributed by atoms with Gasteiger partial charge in [-0.05, 0) is 0 Å². The summed E-state index contributed by atoms with van der Waals surface area (Å²) in [6, 6.07) is 1.21. The number of carboxylic acid groups (broad SMARTS) is 1. The van der Waals surface area contributed by atoms with Crippen LogP contribution in [0, 0.1) is 0 Å². The van der Waals surface area contributed by atoms with Gasteiger partial charge < -0.3 is 9.67 Å². The van der Waals surface area contributed by atoms with Crippen LogP contribution >= 0.6 is 0 Å². The Balaban J connectivity index is 2.82. The third kappa shape index (κ3) is 2.21. The predicted octanol–water partition coefficient (Wildman–Crippen LogP) is -0.672. The fourth-order valence-corrected chi connectivity index (χ4v) is 0.622. The molecule has 11 heavy (non-hydrogen) atoms. The smallest absolute Gasteiger partial charge is 0.323 e. The SMILES string of the molecule is O=C(O)Cn1ccc(=O)nc1. The molecule has 1 N–H and O–H groups in total. The molecule has 0 bridgehead atoms. The molecule has 0 unspecified atom stereocenters. The molecule has 0 spiro atoms. The quantitative estimate of drug-likeness (QED) is 0.613. The highest BCUT2D eigenvalue weighted by Crippen LogP contribution is 1.80. The molecule has 0 aromatic carbocycles. The lowest BCUT2D eigenvalue weighted by Crippen LogP contribution is -2.13. The lowest BCUT2D eigenvalue weighted by molar-refractivity contribution is -0.137. The molecule has 58 valence electrons. The normalized spacial score (nSPS) is 9.45. The molecule has 0 atom stereocenters. The highest BCUT2D eigenvalue weighted by Gasteiger charge is 1.95. The van der Waals surface area contributed by atoms with E-state index in [0.717, 1.165) is 0 Å². The van der Waals surface area contributed by atoms with E-state index in [1.807, 2.05) is 0 Å². The third-order valence-electron chi connectivity index (χ3n) is 1.06. The Kier molecular flexibility index (Phi) is 2.00. The van der Waals surface area contributed by atoms with E-state index in [4.69, 9.17) is 5.11 Å². The van der Waals surface area contributed by atoms with Crippen molar-refractivity contribution in [2.75, 3.05) is 0 Å². The number of carboxylic acids is 1. The van der Waals surface area contributed by atoms with Gasteiger partial charge in [-0.15, -0.1) is 0 Å². The maximum Gasteiger partial charge on any atom is 0.323 e. The number of rotatable bonds is 2. The zero-order valence-electron chi connectivity index (χ0n) is 5.60. The average Bonchev–Trinajstić information content (AvgIpc) is 1.93. The van der Waals surface area contributed by atoms with Crippen molar-refractivity contribution in [2.45, 2.75) is 6.54 Å². The Morgan fingerprint density at radius 1 is 1.73 bits per heavy atom. The summed E-state index contributed by atoms with van der Waals surface area (Å²) >= 11 is 0. The number of hydrogen-bond acceptors (Lipinski definition) is 3. The van der Waals surface area contributed by atoms with Crippen LogP contribution in [-0.4, -0.2) is 20.6 Å². The van der Waals surface area contributed by atoms with Gasteiger partial charge in [0, 0.05) is 12.3 Å². The van der Waals surface area contributed by atoms with Crippen LogP contribution in [0.5, 0.6) is 0 Å². The molecule has 0 aliphatic rings. The second kappa shape index (κ2) is 2.96. The molecule has 1 heterocycles. The van der Waals surface area contributed by atoms with Crippen molar-refractivity contribution in [3.05, 3.63) is 28.9 Å². The maximum absolute atomic E-state index is 10.4. The first-order valence-electron chi connectivity index (χ1n) is 2.92. The molecular formula is C6H6N2O3. The zero-order chi connectivity index (χ0) is 8.27. The van der Waals surface area contributed by atoms with Gasteiger partial charge in [0.05, 0.1) is 6.33 Å². The van der Waals surface area contributed by atoms with Gasteiger partial charge in [-0.1, -0.05) is 0 Å². The number of hydrogen-bond donors (Lipinski definition) is 1. The van der Waals surface area contributed by atoms with Crippen LogP contribution in [0.3, 0.4) is 0 Å². The standard InChI is InChI=1S/C6H6N2O3/c9-5-1-2-8(4-7-5)3-6(10)11/h1-2,4H,3H2,(H,10,11).